The average Bonchev–Trinajstić information content (AvgIpc) is 2.47. The SMILES string of the molecule is CC(C)(C)OC(=O)N1CC=C(CNCC2CCOCC2)CC1. The van der Waals surface area contributed by atoms with E-state index < -0.39 is 5.60 Å². The van der Waals surface area contributed by atoms with Gasteiger partial charge in [-0.1, -0.05) is 11.6 Å². The van der Waals surface area contributed by atoms with Gasteiger partial charge in [-0.15, -0.1) is 0 Å². The van der Waals surface area contributed by atoms with Crippen molar-refractivity contribution in [3.8, 4) is 0 Å². The number of amides is 1. The molecule has 0 atom stereocenters. The van der Waals surface area contributed by atoms with E-state index in [1.165, 1.54) is 18.4 Å². The van der Waals surface area contributed by atoms with E-state index in [4.69, 9.17) is 9.47 Å². The van der Waals surface area contributed by atoms with Crippen LogP contribution in [0.3, 0.4) is 0 Å². The van der Waals surface area contributed by atoms with Gasteiger partial charge in [0.15, 0.2) is 0 Å². The maximum atomic E-state index is 12.0. The molecule has 0 radical (unpaired) electrons. The lowest BCUT2D eigenvalue weighted by atomic mass is 10.00. The van der Waals surface area contributed by atoms with E-state index in [2.05, 4.69) is 11.4 Å². The fourth-order valence-electron chi connectivity index (χ4n) is 2.75. The molecule has 0 aromatic heterocycles. The van der Waals surface area contributed by atoms with Crippen molar-refractivity contribution in [2.75, 3.05) is 39.4 Å². The van der Waals surface area contributed by atoms with Gasteiger partial charge < -0.3 is 19.7 Å². The van der Waals surface area contributed by atoms with Crippen LogP contribution < -0.4 is 5.32 Å². The molecular weight excluding hydrogens is 280 g/mol. The topological polar surface area (TPSA) is 50.8 Å². The minimum absolute atomic E-state index is 0.210. The van der Waals surface area contributed by atoms with Gasteiger partial charge in [0.2, 0.25) is 0 Å². The van der Waals surface area contributed by atoms with Crippen LogP contribution in [0.25, 0.3) is 0 Å². The molecule has 0 aliphatic carbocycles. The minimum atomic E-state index is -0.424. The van der Waals surface area contributed by atoms with Gasteiger partial charge in [0.25, 0.3) is 0 Å². The number of nitrogens with one attached hydrogen (secondary N) is 1. The van der Waals surface area contributed by atoms with Gasteiger partial charge in [-0.3, -0.25) is 0 Å². The van der Waals surface area contributed by atoms with Crippen molar-refractivity contribution in [1.82, 2.24) is 10.2 Å². The van der Waals surface area contributed by atoms with Crippen molar-refractivity contribution in [3.05, 3.63) is 11.6 Å². The Bertz CT molecular complexity index is 395. The van der Waals surface area contributed by atoms with Gasteiger partial charge in [-0.2, -0.15) is 0 Å². The molecule has 1 N–H and O–H groups in total. The number of hydrogen-bond donors (Lipinski definition) is 1. The van der Waals surface area contributed by atoms with Crippen LogP contribution in [-0.4, -0.2) is 56.0 Å². The summed E-state index contributed by atoms with van der Waals surface area (Å²) in [5, 5.41) is 3.55. The number of rotatable bonds is 4. The highest BCUT2D eigenvalue weighted by Crippen LogP contribution is 2.16. The van der Waals surface area contributed by atoms with Crippen LogP contribution in [0.4, 0.5) is 4.79 Å². The fraction of sp³-hybridized carbons (Fsp3) is 0.824. The van der Waals surface area contributed by atoms with E-state index in [1.54, 1.807) is 4.90 Å². The molecule has 2 aliphatic rings. The minimum Gasteiger partial charge on any atom is -0.444 e. The molecule has 5 heteroatoms. The van der Waals surface area contributed by atoms with E-state index in [0.717, 1.165) is 45.2 Å². The molecule has 2 rings (SSSR count). The van der Waals surface area contributed by atoms with Gasteiger partial charge in [0.1, 0.15) is 5.60 Å². The zero-order valence-electron chi connectivity index (χ0n) is 14.2. The van der Waals surface area contributed by atoms with E-state index in [0.29, 0.717) is 6.54 Å². The van der Waals surface area contributed by atoms with Crippen molar-refractivity contribution >= 4 is 6.09 Å². The maximum absolute atomic E-state index is 12.0. The Morgan fingerprint density at radius 3 is 2.73 bits per heavy atom. The van der Waals surface area contributed by atoms with Crippen molar-refractivity contribution in [2.45, 2.75) is 45.6 Å². The molecule has 0 spiro atoms. The smallest absolute Gasteiger partial charge is 0.410 e. The summed E-state index contributed by atoms with van der Waals surface area (Å²) in [7, 11) is 0. The molecule has 2 heterocycles. The molecular formula is C17H30N2O3. The molecule has 22 heavy (non-hydrogen) atoms. The van der Waals surface area contributed by atoms with E-state index >= 15 is 0 Å². The van der Waals surface area contributed by atoms with Crippen LogP contribution in [0.2, 0.25) is 0 Å². The normalized spacial score (nSPS) is 20.7. The Balaban J connectivity index is 1.66. The van der Waals surface area contributed by atoms with Crippen LogP contribution in [0.5, 0.6) is 0 Å². The Labute approximate surface area is 134 Å². The third-order valence-corrected chi connectivity index (χ3v) is 4.08. The molecule has 0 aromatic carbocycles. The second kappa shape index (κ2) is 7.97. The Kier molecular flexibility index (Phi) is 6.26. The first-order chi connectivity index (χ1) is 10.4. The van der Waals surface area contributed by atoms with Crippen LogP contribution in [-0.2, 0) is 9.47 Å². The zero-order chi connectivity index (χ0) is 16.0. The van der Waals surface area contributed by atoms with Crippen molar-refractivity contribution in [1.29, 1.82) is 0 Å². The van der Waals surface area contributed by atoms with Crippen molar-refractivity contribution < 1.29 is 14.3 Å². The summed E-state index contributed by atoms with van der Waals surface area (Å²) in [5.74, 6) is 0.746. The summed E-state index contributed by atoms with van der Waals surface area (Å²) in [6, 6.07) is 0. The zero-order valence-corrected chi connectivity index (χ0v) is 14.2. The molecule has 1 amide bonds. The second-order valence-electron chi connectivity index (χ2n) is 7.23. The first-order valence-electron chi connectivity index (χ1n) is 8.38. The standard InChI is InChI=1S/C17H30N2O3/c1-17(2,3)22-16(20)19-8-4-14(5-9-19)12-18-13-15-6-10-21-11-7-15/h4,15,18H,5-13H2,1-3H3. The molecule has 2 aliphatic heterocycles. The molecule has 0 unspecified atom stereocenters. The maximum Gasteiger partial charge on any atom is 0.410 e. The van der Waals surface area contributed by atoms with Gasteiger partial charge in [0.05, 0.1) is 0 Å². The number of carbonyl (C=O) groups excluding carboxylic acids is 1. The molecule has 0 bridgehead atoms. The van der Waals surface area contributed by atoms with Crippen LogP contribution in [0.1, 0.15) is 40.0 Å². The third kappa shape index (κ3) is 5.97. The van der Waals surface area contributed by atoms with Crippen LogP contribution >= 0.6 is 0 Å². The Hall–Kier alpha value is -1.07. The summed E-state index contributed by atoms with van der Waals surface area (Å²) in [4.78, 5) is 13.8. The summed E-state index contributed by atoms with van der Waals surface area (Å²) < 4.78 is 10.8. The summed E-state index contributed by atoms with van der Waals surface area (Å²) in [6.07, 6.45) is 5.21. The van der Waals surface area contributed by atoms with Gasteiger partial charge in [-0.25, -0.2) is 4.79 Å². The van der Waals surface area contributed by atoms with E-state index in [-0.39, 0.29) is 6.09 Å². The van der Waals surface area contributed by atoms with Gasteiger partial charge in [0, 0.05) is 32.8 Å². The summed E-state index contributed by atoms with van der Waals surface area (Å²) in [6.45, 7) is 10.9. The second-order valence-corrected chi connectivity index (χ2v) is 7.23. The predicted octanol–water partition coefficient (Wildman–Crippen LogP) is 2.57. The summed E-state index contributed by atoms with van der Waals surface area (Å²) >= 11 is 0. The first kappa shape index (κ1) is 17.3. The molecule has 5 nitrogen and oxygen atoms in total. The Morgan fingerprint density at radius 2 is 2.14 bits per heavy atom. The van der Waals surface area contributed by atoms with Crippen LogP contribution in [0, 0.1) is 5.92 Å². The quantitative estimate of drug-likeness (QED) is 0.811. The fourth-order valence-corrected chi connectivity index (χ4v) is 2.75. The molecule has 0 aromatic rings. The highest BCUT2D eigenvalue weighted by molar-refractivity contribution is 5.68. The monoisotopic (exact) mass is 310 g/mol. The van der Waals surface area contributed by atoms with E-state index in [1.807, 2.05) is 20.8 Å². The lowest BCUT2D eigenvalue weighted by Gasteiger charge is -2.30. The van der Waals surface area contributed by atoms with Crippen molar-refractivity contribution in [2.24, 2.45) is 5.92 Å². The molecule has 1 fully saturated rings. The van der Waals surface area contributed by atoms with Crippen LogP contribution in [0.15, 0.2) is 11.6 Å². The van der Waals surface area contributed by atoms with E-state index in [9.17, 15) is 4.79 Å². The third-order valence-electron chi connectivity index (χ3n) is 4.08. The first-order valence-corrected chi connectivity index (χ1v) is 8.38. The molecule has 126 valence electrons. The van der Waals surface area contributed by atoms with Gasteiger partial charge in [-0.05, 0) is 52.5 Å². The average molecular weight is 310 g/mol. The predicted molar refractivity (Wildman–Crippen MR) is 86.9 cm³/mol. The Morgan fingerprint density at radius 1 is 1.41 bits per heavy atom. The van der Waals surface area contributed by atoms with Crippen molar-refractivity contribution in [3.63, 3.8) is 0 Å². The number of carbonyl (C=O) groups is 1. The summed E-state index contributed by atoms with van der Waals surface area (Å²) in [5.41, 5.74) is 0.971. The molecule has 0 saturated carbocycles. The number of ether oxygens (including phenoxy) is 2. The number of hydrogen-bond acceptors (Lipinski definition) is 4. The molecule has 1 saturated heterocycles. The lowest BCUT2D eigenvalue weighted by Crippen LogP contribution is -2.40. The highest BCUT2D eigenvalue weighted by atomic mass is 16.6. The number of nitrogens with zero attached hydrogens (tertiary/aromatic N) is 1. The van der Waals surface area contributed by atoms with Gasteiger partial charge >= 0.3 is 6.09 Å². The largest absolute Gasteiger partial charge is 0.444 e. The highest BCUT2D eigenvalue weighted by Gasteiger charge is 2.23. The lowest BCUT2D eigenvalue weighted by molar-refractivity contribution is 0.0265.